The molecule has 0 heterocycles. The van der Waals surface area contributed by atoms with Crippen LogP contribution in [0, 0.1) is 11.7 Å². The first-order valence-electron chi connectivity index (χ1n) is 6.16. The molecular formula is C14H15F4. The van der Waals surface area contributed by atoms with Gasteiger partial charge < -0.3 is 0 Å². The van der Waals surface area contributed by atoms with Gasteiger partial charge in [0.25, 0.3) is 0 Å². The molecule has 1 aromatic carbocycles. The molecule has 2 rings (SSSR count). The van der Waals surface area contributed by atoms with E-state index in [0.29, 0.717) is 6.42 Å². The van der Waals surface area contributed by atoms with Crippen LogP contribution in [0.4, 0.5) is 17.6 Å². The lowest BCUT2D eigenvalue weighted by molar-refractivity contribution is -0.137. The molecule has 4 heteroatoms. The van der Waals surface area contributed by atoms with Gasteiger partial charge in [0.2, 0.25) is 0 Å². The van der Waals surface area contributed by atoms with Crippen molar-refractivity contribution in [3.05, 3.63) is 41.1 Å². The van der Waals surface area contributed by atoms with Crippen molar-refractivity contribution in [2.45, 2.75) is 44.7 Å². The van der Waals surface area contributed by atoms with Gasteiger partial charge in [-0.25, -0.2) is 4.39 Å². The van der Waals surface area contributed by atoms with Crippen LogP contribution in [0.3, 0.4) is 0 Å². The first-order valence-corrected chi connectivity index (χ1v) is 6.16. The molecule has 0 unspecified atom stereocenters. The van der Waals surface area contributed by atoms with E-state index in [0.717, 1.165) is 50.3 Å². The Kier molecular flexibility index (Phi) is 3.93. The number of hydrogen-bond acceptors (Lipinski definition) is 0. The maximum absolute atomic E-state index is 13.5. The fraction of sp³-hybridized carbons (Fsp3) is 0.500. The summed E-state index contributed by atoms with van der Waals surface area (Å²) in [5.74, 6) is 0.626. The molecule has 0 saturated heterocycles. The topological polar surface area (TPSA) is 0 Å². The normalized spacial score (nSPS) is 18.0. The first-order chi connectivity index (χ1) is 8.47. The molecule has 0 amide bonds. The summed E-state index contributed by atoms with van der Waals surface area (Å²) in [4.78, 5) is 0. The molecule has 1 aliphatic rings. The number of benzene rings is 1. The molecule has 1 aliphatic carbocycles. The van der Waals surface area contributed by atoms with E-state index in [4.69, 9.17) is 0 Å². The second-order valence-corrected chi connectivity index (χ2v) is 4.79. The quantitative estimate of drug-likeness (QED) is 0.661. The summed E-state index contributed by atoms with van der Waals surface area (Å²) in [6.45, 7) is 0. The molecule has 0 spiro atoms. The Balaban J connectivity index is 2.15. The van der Waals surface area contributed by atoms with Crippen molar-refractivity contribution in [3.63, 3.8) is 0 Å². The maximum Gasteiger partial charge on any atom is 0.416 e. The van der Waals surface area contributed by atoms with Crippen LogP contribution in [0.1, 0.15) is 43.2 Å². The Labute approximate surface area is 104 Å². The lowest BCUT2D eigenvalue weighted by atomic mass is 9.84. The maximum atomic E-state index is 13.5. The molecule has 0 N–H and O–H groups in total. The summed E-state index contributed by atoms with van der Waals surface area (Å²) < 4.78 is 51.2. The molecule has 1 radical (unpaired) electrons. The lowest BCUT2D eigenvalue weighted by Gasteiger charge is -2.21. The third-order valence-electron chi connectivity index (χ3n) is 3.37. The standard InChI is InChI=1S/C14H15F4/c15-13-7-6-12(14(16,17)18)9-11(13)8-10-4-2-1-3-5-10/h6-7,9H,1-5,8H2. The van der Waals surface area contributed by atoms with Crippen molar-refractivity contribution in [1.29, 1.82) is 0 Å². The van der Waals surface area contributed by atoms with E-state index < -0.39 is 17.6 Å². The Morgan fingerprint density at radius 3 is 2.28 bits per heavy atom. The lowest BCUT2D eigenvalue weighted by Crippen LogP contribution is -2.10. The SMILES string of the molecule is Fc1ccc(C(F)(F)F)cc1C[C]1CCCCC1. The van der Waals surface area contributed by atoms with Crippen molar-refractivity contribution >= 4 is 0 Å². The van der Waals surface area contributed by atoms with Crippen LogP contribution in [0.25, 0.3) is 0 Å². The van der Waals surface area contributed by atoms with Crippen LogP contribution >= 0.6 is 0 Å². The summed E-state index contributed by atoms with van der Waals surface area (Å²) in [5.41, 5.74) is -0.600. The molecule has 1 fully saturated rings. The highest BCUT2D eigenvalue weighted by atomic mass is 19.4. The summed E-state index contributed by atoms with van der Waals surface area (Å²) in [6.07, 6.45) is 1.06. The minimum atomic E-state index is -4.40. The van der Waals surface area contributed by atoms with Crippen LogP contribution < -0.4 is 0 Å². The second kappa shape index (κ2) is 5.29. The third-order valence-corrected chi connectivity index (χ3v) is 3.37. The van der Waals surface area contributed by atoms with Gasteiger partial charge >= 0.3 is 6.18 Å². The average molecular weight is 259 g/mol. The van der Waals surface area contributed by atoms with Crippen molar-refractivity contribution in [2.75, 3.05) is 0 Å². The highest BCUT2D eigenvalue weighted by Gasteiger charge is 2.31. The highest BCUT2D eigenvalue weighted by molar-refractivity contribution is 5.29. The van der Waals surface area contributed by atoms with Gasteiger partial charge in [-0.1, -0.05) is 19.3 Å². The van der Waals surface area contributed by atoms with E-state index >= 15 is 0 Å². The molecule has 99 valence electrons. The average Bonchev–Trinajstić information content (AvgIpc) is 2.32. The van der Waals surface area contributed by atoms with Gasteiger partial charge in [0.15, 0.2) is 0 Å². The summed E-state index contributed by atoms with van der Waals surface area (Å²) >= 11 is 0. The van der Waals surface area contributed by atoms with Gasteiger partial charge in [0, 0.05) is 0 Å². The van der Waals surface area contributed by atoms with Gasteiger partial charge in [-0.15, -0.1) is 0 Å². The monoisotopic (exact) mass is 259 g/mol. The fourth-order valence-electron chi connectivity index (χ4n) is 2.38. The van der Waals surface area contributed by atoms with Crippen molar-refractivity contribution in [3.8, 4) is 0 Å². The Morgan fingerprint density at radius 2 is 1.67 bits per heavy atom. The zero-order valence-corrected chi connectivity index (χ0v) is 9.99. The number of alkyl halides is 3. The van der Waals surface area contributed by atoms with Crippen molar-refractivity contribution in [2.24, 2.45) is 0 Å². The molecule has 18 heavy (non-hydrogen) atoms. The Bertz CT molecular complexity index is 403. The summed E-state index contributed by atoms with van der Waals surface area (Å²) in [6, 6.07) is 2.66. The van der Waals surface area contributed by atoms with Gasteiger partial charge in [0.1, 0.15) is 5.82 Å². The van der Waals surface area contributed by atoms with Crippen LogP contribution in [0.2, 0.25) is 0 Å². The third kappa shape index (κ3) is 3.24. The first kappa shape index (κ1) is 13.4. The van der Waals surface area contributed by atoms with Gasteiger partial charge in [-0.05, 0) is 48.9 Å². The second-order valence-electron chi connectivity index (χ2n) is 4.79. The van der Waals surface area contributed by atoms with Gasteiger partial charge in [-0.2, -0.15) is 13.2 Å². The number of halogens is 4. The van der Waals surface area contributed by atoms with Crippen molar-refractivity contribution < 1.29 is 17.6 Å². The number of hydrogen-bond donors (Lipinski definition) is 0. The fourth-order valence-corrected chi connectivity index (χ4v) is 2.38. The molecule has 0 aliphatic heterocycles. The minimum Gasteiger partial charge on any atom is -0.207 e. The highest BCUT2D eigenvalue weighted by Crippen LogP contribution is 2.33. The zero-order valence-electron chi connectivity index (χ0n) is 9.99. The van der Waals surface area contributed by atoms with Crippen molar-refractivity contribution in [1.82, 2.24) is 0 Å². The Hall–Kier alpha value is -1.06. The van der Waals surface area contributed by atoms with Crippen LogP contribution in [0.5, 0.6) is 0 Å². The van der Waals surface area contributed by atoms with E-state index in [1.807, 2.05) is 0 Å². The van der Waals surface area contributed by atoms with E-state index in [-0.39, 0.29) is 5.56 Å². The summed E-state index contributed by atoms with van der Waals surface area (Å²) in [5, 5.41) is 0. The molecule has 1 aromatic rings. The predicted octanol–water partition coefficient (Wildman–Crippen LogP) is 4.93. The van der Waals surface area contributed by atoms with E-state index in [1.165, 1.54) is 5.92 Å². The smallest absolute Gasteiger partial charge is 0.207 e. The van der Waals surface area contributed by atoms with E-state index in [1.54, 1.807) is 0 Å². The van der Waals surface area contributed by atoms with Gasteiger partial charge in [0.05, 0.1) is 5.56 Å². The molecule has 0 aromatic heterocycles. The Morgan fingerprint density at radius 1 is 1.00 bits per heavy atom. The summed E-state index contributed by atoms with van der Waals surface area (Å²) in [7, 11) is 0. The molecule has 0 nitrogen and oxygen atoms in total. The van der Waals surface area contributed by atoms with Gasteiger partial charge in [-0.3, -0.25) is 0 Å². The van der Waals surface area contributed by atoms with Crippen LogP contribution in [-0.4, -0.2) is 0 Å². The predicted molar refractivity (Wildman–Crippen MR) is 61.4 cm³/mol. The number of rotatable bonds is 2. The minimum absolute atomic E-state index is 0.168. The van der Waals surface area contributed by atoms with Crippen LogP contribution in [-0.2, 0) is 12.6 Å². The molecule has 0 atom stereocenters. The van der Waals surface area contributed by atoms with E-state index in [2.05, 4.69) is 0 Å². The molecular weight excluding hydrogens is 244 g/mol. The van der Waals surface area contributed by atoms with E-state index in [9.17, 15) is 17.6 Å². The molecule has 1 saturated carbocycles. The largest absolute Gasteiger partial charge is 0.416 e. The molecule has 0 bridgehead atoms. The zero-order chi connectivity index (χ0) is 13.2. The van der Waals surface area contributed by atoms with Crippen LogP contribution in [0.15, 0.2) is 18.2 Å².